The molecular formula is C21H19F3N4O3. The number of halogens is 3. The number of alkyl halides is 2. The molecule has 4 rings (SSSR count). The van der Waals surface area contributed by atoms with Gasteiger partial charge in [0.1, 0.15) is 17.2 Å². The van der Waals surface area contributed by atoms with Crippen LogP contribution in [-0.2, 0) is 7.05 Å². The lowest BCUT2D eigenvalue weighted by molar-refractivity contribution is 0.0695. The molecule has 10 heteroatoms. The fourth-order valence-corrected chi connectivity index (χ4v) is 4.04. The third-order valence-corrected chi connectivity index (χ3v) is 5.45. The van der Waals surface area contributed by atoms with Crippen molar-refractivity contribution in [3.05, 3.63) is 63.8 Å². The maximum absolute atomic E-state index is 15.1. The third-order valence-electron chi connectivity index (χ3n) is 5.45. The van der Waals surface area contributed by atoms with Gasteiger partial charge in [-0.25, -0.2) is 22.9 Å². The number of carbonyl (C=O) groups is 1. The summed E-state index contributed by atoms with van der Waals surface area (Å²) in [5, 5.41) is 8.82. The molecule has 31 heavy (non-hydrogen) atoms. The molecule has 7 nitrogen and oxygen atoms in total. The zero-order valence-electron chi connectivity index (χ0n) is 16.6. The number of nitrogens with zero attached hydrogens (tertiary/aromatic N) is 4. The zero-order chi connectivity index (χ0) is 22.3. The Hall–Kier alpha value is -3.56. The first-order chi connectivity index (χ1) is 14.8. The first-order valence-electron chi connectivity index (χ1n) is 9.57. The highest BCUT2D eigenvalue weighted by atomic mass is 19.3. The average molecular weight is 432 g/mol. The number of rotatable bonds is 4. The Balaban J connectivity index is 1.80. The Labute approximate surface area is 175 Å². The molecule has 0 bridgehead atoms. The van der Waals surface area contributed by atoms with Gasteiger partial charge in [-0.05, 0) is 18.2 Å². The lowest BCUT2D eigenvalue weighted by Crippen LogP contribution is -2.47. The Morgan fingerprint density at radius 3 is 2.42 bits per heavy atom. The van der Waals surface area contributed by atoms with Crippen LogP contribution in [0.3, 0.4) is 0 Å². The van der Waals surface area contributed by atoms with Crippen LogP contribution in [0, 0.1) is 5.82 Å². The van der Waals surface area contributed by atoms with Crippen LogP contribution in [0.5, 0.6) is 0 Å². The molecule has 1 fully saturated rings. The zero-order valence-corrected chi connectivity index (χ0v) is 16.6. The van der Waals surface area contributed by atoms with E-state index in [1.54, 1.807) is 12.3 Å². The first kappa shape index (κ1) is 20.7. The summed E-state index contributed by atoms with van der Waals surface area (Å²) in [6.07, 6.45) is -0.422. The van der Waals surface area contributed by atoms with Crippen LogP contribution < -0.4 is 15.2 Å². The molecule has 1 N–H and O–H groups in total. The van der Waals surface area contributed by atoms with Gasteiger partial charge in [0.25, 0.3) is 6.43 Å². The highest BCUT2D eigenvalue weighted by Gasteiger charge is 2.30. The third kappa shape index (κ3) is 3.58. The predicted molar refractivity (Wildman–Crippen MR) is 110 cm³/mol. The van der Waals surface area contributed by atoms with E-state index in [4.69, 9.17) is 0 Å². The van der Waals surface area contributed by atoms with Gasteiger partial charge in [-0.1, -0.05) is 6.07 Å². The van der Waals surface area contributed by atoms with Crippen LogP contribution in [0.1, 0.15) is 22.3 Å². The van der Waals surface area contributed by atoms with Crippen molar-refractivity contribution in [1.29, 1.82) is 0 Å². The molecule has 1 aliphatic rings. The van der Waals surface area contributed by atoms with E-state index in [0.29, 0.717) is 13.1 Å². The number of carboxylic acid groups (broad SMARTS) is 1. The van der Waals surface area contributed by atoms with Crippen LogP contribution >= 0.6 is 0 Å². The summed E-state index contributed by atoms with van der Waals surface area (Å²) in [6.45, 7) is 1.46. The molecule has 0 atom stereocenters. The van der Waals surface area contributed by atoms with Crippen LogP contribution in [-0.4, -0.2) is 46.8 Å². The second-order valence-corrected chi connectivity index (χ2v) is 7.27. The maximum Gasteiger partial charge on any atom is 0.341 e. The summed E-state index contributed by atoms with van der Waals surface area (Å²) in [4.78, 5) is 31.6. The summed E-state index contributed by atoms with van der Waals surface area (Å²) in [7, 11) is 1.36. The summed E-state index contributed by atoms with van der Waals surface area (Å²) in [5.74, 6) is -1.73. The van der Waals surface area contributed by atoms with Gasteiger partial charge in [0.05, 0.1) is 22.2 Å². The van der Waals surface area contributed by atoms with E-state index in [1.165, 1.54) is 11.9 Å². The van der Waals surface area contributed by atoms with Crippen LogP contribution in [0.2, 0.25) is 0 Å². The second-order valence-electron chi connectivity index (χ2n) is 7.27. The Morgan fingerprint density at radius 1 is 1.16 bits per heavy atom. The number of pyridine rings is 2. The van der Waals surface area contributed by atoms with Crippen molar-refractivity contribution in [2.24, 2.45) is 7.05 Å². The van der Waals surface area contributed by atoms with Crippen molar-refractivity contribution in [1.82, 2.24) is 9.55 Å². The minimum Gasteiger partial charge on any atom is -0.477 e. The lowest BCUT2D eigenvalue weighted by Gasteiger charge is -2.37. The topological polar surface area (TPSA) is 78.7 Å². The van der Waals surface area contributed by atoms with E-state index in [-0.39, 0.29) is 29.7 Å². The van der Waals surface area contributed by atoms with Crippen molar-refractivity contribution in [3.8, 4) is 0 Å². The summed E-state index contributed by atoms with van der Waals surface area (Å²) in [6, 6.07) is 6.33. The molecule has 0 radical (unpaired) electrons. The first-order valence-corrected chi connectivity index (χ1v) is 9.57. The molecule has 0 aliphatic carbocycles. The molecule has 1 saturated heterocycles. The molecule has 0 saturated carbocycles. The van der Waals surface area contributed by atoms with Gasteiger partial charge in [-0.15, -0.1) is 0 Å². The van der Waals surface area contributed by atoms with Crippen LogP contribution in [0.15, 0.2) is 41.5 Å². The van der Waals surface area contributed by atoms with Gasteiger partial charge in [-0.3, -0.25) is 4.79 Å². The summed E-state index contributed by atoms with van der Waals surface area (Å²) in [5.41, 5.74) is -2.65. The number of aromatic nitrogens is 2. The average Bonchev–Trinajstić information content (AvgIpc) is 2.76. The number of aryl methyl sites for hydroxylation is 1. The number of hydrogen-bond donors (Lipinski definition) is 1. The fraction of sp³-hybridized carbons (Fsp3) is 0.286. The Kier molecular flexibility index (Phi) is 5.30. The number of benzene rings is 1. The molecule has 3 aromatic rings. The SMILES string of the molecule is Cn1cc(C(=O)O)c(=O)c2cc(F)c(N3CCN(c4ccccn4)CC3)c(C(F)F)c21. The molecule has 3 heterocycles. The number of carboxylic acids is 1. The minimum atomic E-state index is -3.07. The standard InChI is InChI=1S/C21H19F3N4O3/c1-26-11-13(21(30)31)19(29)12-10-14(22)18(16(17(12)26)20(23)24)28-8-6-27(7-9-28)15-4-2-3-5-25-15/h2-5,10-11,20H,6-9H2,1H3,(H,30,31). The number of fused-ring (bicyclic) bond motifs is 1. The fourth-order valence-electron chi connectivity index (χ4n) is 4.04. The van der Waals surface area contributed by atoms with Gasteiger partial charge < -0.3 is 19.5 Å². The number of anilines is 2. The quantitative estimate of drug-likeness (QED) is 0.683. The van der Waals surface area contributed by atoms with Crippen molar-refractivity contribution in [2.75, 3.05) is 36.0 Å². The van der Waals surface area contributed by atoms with E-state index in [2.05, 4.69) is 4.98 Å². The lowest BCUT2D eigenvalue weighted by atomic mass is 10.0. The monoisotopic (exact) mass is 432 g/mol. The van der Waals surface area contributed by atoms with Crippen LogP contribution in [0.25, 0.3) is 10.9 Å². The largest absolute Gasteiger partial charge is 0.477 e. The van der Waals surface area contributed by atoms with Crippen molar-refractivity contribution in [2.45, 2.75) is 6.43 Å². The van der Waals surface area contributed by atoms with Gasteiger partial charge in [0.15, 0.2) is 0 Å². The highest BCUT2D eigenvalue weighted by Crippen LogP contribution is 2.38. The Bertz CT molecular complexity index is 1210. The van der Waals surface area contributed by atoms with E-state index < -0.39 is 34.8 Å². The van der Waals surface area contributed by atoms with Gasteiger partial charge in [0.2, 0.25) is 5.43 Å². The Morgan fingerprint density at radius 2 is 1.84 bits per heavy atom. The van der Waals surface area contributed by atoms with Crippen molar-refractivity contribution < 1.29 is 23.1 Å². The van der Waals surface area contributed by atoms with Crippen molar-refractivity contribution >= 4 is 28.4 Å². The van der Waals surface area contributed by atoms with Crippen LogP contribution in [0.4, 0.5) is 24.7 Å². The number of aromatic carboxylic acids is 1. The molecule has 0 spiro atoms. The van der Waals surface area contributed by atoms with Gasteiger partial charge in [0, 0.05) is 45.6 Å². The van der Waals surface area contributed by atoms with E-state index in [1.807, 2.05) is 17.0 Å². The maximum atomic E-state index is 15.1. The number of piperazine rings is 1. The molecule has 162 valence electrons. The summed E-state index contributed by atoms with van der Waals surface area (Å²) < 4.78 is 44.6. The van der Waals surface area contributed by atoms with Gasteiger partial charge in [-0.2, -0.15) is 0 Å². The number of hydrogen-bond acceptors (Lipinski definition) is 5. The predicted octanol–water partition coefficient (Wildman–Crippen LogP) is 3.04. The summed E-state index contributed by atoms with van der Waals surface area (Å²) >= 11 is 0. The molecule has 1 aliphatic heterocycles. The minimum absolute atomic E-state index is 0.173. The molecule has 0 unspecified atom stereocenters. The highest BCUT2D eigenvalue weighted by molar-refractivity contribution is 5.95. The molecule has 1 aromatic carbocycles. The smallest absolute Gasteiger partial charge is 0.341 e. The molecule has 0 amide bonds. The normalized spacial score (nSPS) is 14.5. The van der Waals surface area contributed by atoms with Crippen molar-refractivity contribution in [3.63, 3.8) is 0 Å². The van der Waals surface area contributed by atoms with E-state index in [9.17, 15) is 23.5 Å². The van der Waals surface area contributed by atoms with E-state index in [0.717, 1.165) is 22.6 Å². The van der Waals surface area contributed by atoms with E-state index >= 15 is 4.39 Å². The van der Waals surface area contributed by atoms with Gasteiger partial charge >= 0.3 is 5.97 Å². The second kappa shape index (κ2) is 7.93. The molecular weight excluding hydrogens is 413 g/mol. The molecule has 2 aromatic heterocycles.